The quantitative estimate of drug-likeness (QED) is 0.678. The first-order valence-electron chi connectivity index (χ1n) is 7.12. The summed E-state index contributed by atoms with van der Waals surface area (Å²) in [5.74, 6) is 0.592. The summed E-state index contributed by atoms with van der Waals surface area (Å²) in [5, 5.41) is 12.2. The second kappa shape index (κ2) is 7.33. The Morgan fingerprint density at radius 3 is 2.95 bits per heavy atom. The summed E-state index contributed by atoms with van der Waals surface area (Å²) in [6, 6.07) is 1.76. The summed E-state index contributed by atoms with van der Waals surface area (Å²) in [6.45, 7) is 2.18. The number of carbonyl (C=O) groups is 1. The molecular weight excluding hydrogens is 272 g/mol. The highest BCUT2D eigenvalue weighted by atomic mass is 16.5. The molecule has 2 heterocycles. The van der Waals surface area contributed by atoms with Gasteiger partial charge in [-0.1, -0.05) is 0 Å². The van der Waals surface area contributed by atoms with Crippen LogP contribution in [0.25, 0.3) is 0 Å². The molecule has 0 bridgehead atoms. The molecule has 1 aliphatic heterocycles. The van der Waals surface area contributed by atoms with Crippen molar-refractivity contribution < 1.29 is 14.6 Å². The minimum absolute atomic E-state index is 0.0127. The van der Waals surface area contributed by atoms with E-state index in [9.17, 15) is 9.90 Å². The third-order valence-electron chi connectivity index (χ3n) is 3.85. The minimum Gasteiger partial charge on any atom is -0.396 e. The van der Waals surface area contributed by atoms with Crippen molar-refractivity contribution in [2.24, 2.45) is 5.41 Å². The summed E-state index contributed by atoms with van der Waals surface area (Å²) >= 11 is 0. The molecule has 1 unspecified atom stereocenters. The lowest BCUT2D eigenvalue weighted by Crippen LogP contribution is -2.44. The second-order valence-corrected chi connectivity index (χ2v) is 5.22. The fourth-order valence-electron chi connectivity index (χ4n) is 2.67. The predicted molar refractivity (Wildman–Crippen MR) is 77.9 cm³/mol. The van der Waals surface area contributed by atoms with Crippen molar-refractivity contribution in [3.05, 3.63) is 18.5 Å². The number of amides is 1. The Hall–Kier alpha value is -1.73. The average Bonchev–Trinajstić information content (AvgIpc) is 2.94. The third kappa shape index (κ3) is 3.68. The largest absolute Gasteiger partial charge is 0.396 e. The number of aliphatic hydroxyl groups is 1. The van der Waals surface area contributed by atoms with E-state index in [1.165, 1.54) is 0 Å². The molecule has 1 aromatic rings. The van der Waals surface area contributed by atoms with E-state index >= 15 is 0 Å². The van der Waals surface area contributed by atoms with Crippen LogP contribution in [-0.4, -0.2) is 60.9 Å². The van der Waals surface area contributed by atoms with Crippen molar-refractivity contribution >= 4 is 11.9 Å². The third-order valence-corrected chi connectivity index (χ3v) is 3.85. The monoisotopic (exact) mass is 294 g/mol. The van der Waals surface area contributed by atoms with Crippen LogP contribution in [0.5, 0.6) is 0 Å². The molecule has 7 heteroatoms. The van der Waals surface area contributed by atoms with Crippen molar-refractivity contribution in [3.63, 3.8) is 0 Å². The number of ether oxygens (including phenoxy) is 1. The molecule has 1 fully saturated rings. The maximum atomic E-state index is 12.5. The number of aliphatic hydroxyl groups excluding tert-OH is 1. The van der Waals surface area contributed by atoms with Gasteiger partial charge < -0.3 is 20.1 Å². The standard InChI is InChI=1S/C14H22N4O3/c1-21-10-7-15-12(20)14(4-9-19)3-8-18(11-14)13-16-5-2-6-17-13/h2,5-6,19H,3-4,7-11H2,1H3,(H,15,20). The molecular formula is C14H22N4O3. The van der Waals surface area contributed by atoms with Crippen LogP contribution in [0.15, 0.2) is 18.5 Å². The summed E-state index contributed by atoms with van der Waals surface area (Å²) < 4.78 is 4.94. The van der Waals surface area contributed by atoms with E-state index in [1.807, 2.05) is 4.90 Å². The van der Waals surface area contributed by atoms with Gasteiger partial charge in [0.05, 0.1) is 12.0 Å². The van der Waals surface area contributed by atoms with E-state index in [-0.39, 0.29) is 12.5 Å². The van der Waals surface area contributed by atoms with Gasteiger partial charge in [0, 0.05) is 45.7 Å². The molecule has 0 radical (unpaired) electrons. The highest BCUT2D eigenvalue weighted by Gasteiger charge is 2.44. The van der Waals surface area contributed by atoms with Crippen molar-refractivity contribution in [1.82, 2.24) is 15.3 Å². The Balaban J connectivity index is 2.04. The Morgan fingerprint density at radius 1 is 1.52 bits per heavy atom. The summed E-state index contributed by atoms with van der Waals surface area (Å²) in [5.41, 5.74) is -0.582. The molecule has 7 nitrogen and oxygen atoms in total. The van der Waals surface area contributed by atoms with Crippen molar-refractivity contribution in [2.75, 3.05) is 44.9 Å². The number of aromatic nitrogens is 2. The molecule has 1 aromatic heterocycles. The number of methoxy groups -OCH3 is 1. The van der Waals surface area contributed by atoms with Crippen LogP contribution in [0.2, 0.25) is 0 Å². The number of hydrogen-bond acceptors (Lipinski definition) is 6. The zero-order valence-corrected chi connectivity index (χ0v) is 12.3. The molecule has 0 aromatic carbocycles. The van der Waals surface area contributed by atoms with Crippen LogP contribution in [0, 0.1) is 5.41 Å². The first-order chi connectivity index (χ1) is 10.2. The zero-order chi connectivity index (χ0) is 15.1. The van der Waals surface area contributed by atoms with Crippen molar-refractivity contribution in [1.29, 1.82) is 0 Å². The van der Waals surface area contributed by atoms with Gasteiger partial charge in [-0.3, -0.25) is 4.79 Å². The Kier molecular flexibility index (Phi) is 5.46. The fraction of sp³-hybridized carbons (Fsp3) is 0.643. The molecule has 1 atom stereocenters. The SMILES string of the molecule is COCCNC(=O)C1(CCO)CCN(c2ncccn2)C1. The second-order valence-electron chi connectivity index (χ2n) is 5.22. The maximum absolute atomic E-state index is 12.5. The first-order valence-corrected chi connectivity index (χ1v) is 7.12. The van der Waals surface area contributed by atoms with Gasteiger partial charge >= 0.3 is 0 Å². The van der Waals surface area contributed by atoms with Crippen LogP contribution in [0.4, 0.5) is 5.95 Å². The maximum Gasteiger partial charge on any atom is 0.228 e. The summed E-state index contributed by atoms with van der Waals surface area (Å²) in [6.07, 6.45) is 4.50. The average molecular weight is 294 g/mol. The van der Waals surface area contributed by atoms with E-state index in [1.54, 1.807) is 25.6 Å². The van der Waals surface area contributed by atoms with Crippen LogP contribution in [0.3, 0.4) is 0 Å². The lowest BCUT2D eigenvalue weighted by molar-refractivity contribution is -0.131. The van der Waals surface area contributed by atoms with Crippen LogP contribution in [0.1, 0.15) is 12.8 Å². The van der Waals surface area contributed by atoms with Gasteiger partial charge in [0.1, 0.15) is 0 Å². The van der Waals surface area contributed by atoms with Crippen molar-refractivity contribution in [2.45, 2.75) is 12.8 Å². The Labute approximate surface area is 124 Å². The first kappa shape index (κ1) is 15.7. The molecule has 1 amide bonds. The molecule has 21 heavy (non-hydrogen) atoms. The number of nitrogens with zero attached hydrogens (tertiary/aromatic N) is 3. The molecule has 0 aliphatic carbocycles. The smallest absolute Gasteiger partial charge is 0.228 e. The number of nitrogens with one attached hydrogen (secondary N) is 1. The lowest BCUT2D eigenvalue weighted by atomic mass is 9.83. The normalized spacial score (nSPS) is 21.5. The summed E-state index contributed by atoms with van der Waals surface area (Å²) in [4.78, 5) is 22.9. The zero-order valence-electron chi connectivity index (χ0n) is 12.3. The van der Waals surface area contributed by atoms with Gasteiger partial charge in [-0.2, -0.15) is 0 Å². The van der Waals surface area contributed by atoms with Gasteiger partial charge in [-0.15, -0.1) is 0 Å². The van der Waals surface area contributed by atoms with Gasteiger partial charge in [0.2, 0.25) is 11.9 Å². The number of hydrogen-bond donors (Lipinski definition) is 2. The molecule has 2 N–H and O–H groups in total. The van der Waals surface area contributed by atoms with Gasteiger partial charge in [0.15, 0.2) is 0 Å². The number of rotatable bonds is 7. The number of anilines is 1. The van der Waals surface area contributed by atoms with E-state index in [4.69, 9.17) is 4.74 Å². The highest BCUT2D eigenvalue weighted by molar-refractivity contribution is 5.84. The van der Waals surface area contributed by atoms with Gasteiger partial charge in [-0.25, -0.2) is 9.97 Å². The van der Waals surface area contributed by atoms with E-state index in [2.05, 4.69) is 15.3 Å². The molecule has 2 rings (SSSR count). The van der Waals surface area contributed by atoms with Gasteiger partial charge in [0.25, 0.3) is 0 Å². The van der Waals surface area contributed by atoms with Crippen LogP contribution < -0.4 is 10.2 Å². The predicted octanol–water partition coefficient (Wildman–Crippen LogP) is -0.182. The van der Waals surface area contributed by atoms with Gasteiger partial charge in [-0.05, 0) is 18.9 Å². The van der Waals surface area contributed by atoms with E-state index in [0.717, 1.165) is 0 Å². The van der Waals surface area contributed by atoms with Crippen LogP contribution >= 0.6 is 0 Å². The lowest BCUT2D eigenvalue weighted by Gasteiger charge is -2.27. The fourth-order valence-corrected chi connectivity index (χ4v) is 2.67. The Bertz CT molecular complexity index is 457. The molecule has 0 spiro atoms. The minimum atomic E-state index is -0.582. The van der Waals surface area contributed by atoms with E-state index in [0.29, 0.717) is 45.0 Å². The molecule has 116 valence electrons. The highest BCUT2D eigenvalue weighted by Crippen LogP contribution is 2.35. The molecule has 1 aliphatic rings. The Morgan fingerprint density at radius 2 is 2.29 bits per heavy atom. The topological polar surface area (TPSA) is 87.6 Å². The molecule has 0 saturated carbocycles. The van der Waals surface area contributed by atoms with E-state index < -0.39 is 5.41 Å². The summed E-state index contributed by atoms with van der Waals surface area (Å²) in [7, 11) is 1.60. The van der Waals surface area contributed by atoms with Crippen molar-refractivity contribution in [3.8, 4) is 0 Å². The molecule has 1 saturated heterocycles. The number of carbonyl (C=O) groups excluding carboxylic acids is 1. The van der Waals surface area contributed by atoms with Crippen LogP contribution in [-0.2, 0) is 9.53 Å².